The van der Waals surface area contributed by atoms with E-state index < -0.39 is 22.8 Å². The number of carbonyl (C=O) groups excluding carboxylic acids is 1. The highest BCUT2D eigenvalue weighted by Crippen LogP contribution is 2.51. The first kappa shape index (κ1) is 12.3. The summed E-state index contributed by atoms with van der Waals surface area (Å²) < 4.78 is -0.494. The Morgan fingerprint density at radius 1 is 1.63 bits per heavy atom. The van der Waals surface area contributed by atoms with Gasteiger partial charge >= 0.3 is 5.97 Å². The van der Waals surface area contributed by atoms with Crippen LogP contribution in [0.3, 0.4) is 0 Å². The lowest BCUT2D eigenvalue weighted by Gasteiger charge is -2.43. The van der Waals surface area contributed by atoms with Crippen LogP contribution in [0.2, 0.25) is 0 Å². The maximum atomic E-state index is 12.1. The molecule has 3 heterocycles. The third-order valence-electron chi connectivity index (χ3n) is 3.47. The first-order valence-corrected chi connectivity index (χ1v) is 6.78. The molecule has 1 aromatic rings. The largest absolute Gasteiger partial charge is 0.480 e. The van der Waals surface area contributed by atoms with Crippen LogP contribution in [0.1, 0.15) is 13.8 Å². The van der Waals surface area contributed by atoms with Crippen molar-refractivity contribution in [2.75, 3.05) is 5.32 Å². The number of fused-ring (bicyclic) bond motifs is 1. The van der Waals surface area contributed by atoms with Gasteiger partial charge in [-0.05, 0) is 13.8 Å². The lowest BCUT2D eigenvalue weighted by molar-refractivity contribution is -0.158. The number of aliphatic carboxylic acids is 1. The van der Waals surface area contributed by atoms with Crippen LogP contribution < -0.4 is 5.32 Å². The predicted octanol–water partition coefficient (Wildman–Crippen LogP) is 0.337. The number of aromatic amines is 1. The molecule has 0 aromatic carbocycles. The zero-order valence-electron chi connectivity index (χ0n) is 10.5. The highest BCUT2D eigenvalue weighted by Gasteiger charge is 2.64. The van der Waals surface area contributed by atoms with Crippen LogP contribution in [0.25, 0.3) is 0 Å². The third-order valence-corrected chi connectivity index (χ3v) is 5.04. The number of imidazole rings is 1. The summed E-state index contributed by atoms with van der Waals surface area (Å²) in [5.41, 5.74) is 0. The number of carbonyl (C=O) groups is 2. The third kappa shape index (κ3) is 1.70. The summed E-state index contributed by atoms with van der Waals surface area (Å²) in [4.78, 5) is 31.8. The fraction of sp³-hybridized carbons (Fsp3) is 0.545. The summed E-state index contributed by atoms with van der Waals surface area (Å²) in [5, 5.41) is 12.1. The number of aromatic nitrogens is 2. The van der Waals surface area contributed by atoms with Crippen molar-refractivity contribution in [3.63, 3.8) is 0 Å². The molecule has 102 valence electrons. The van der Waals surface area contributed by atoms with E-state index in [1.54, 1.807) is 12.4 Å². The van der Waals surface area contributed by atoms with Crippen LogP contribution in [-0.4, -0.2) is 54.1 Å². The van der Waals surface area contributed by atoms with E-state index in [1.807, 2.05) is 13.8 Å². The topological polar surface area (TPSA) is 98.3 Å². The molecule has 0 radical (unpaired) electrons. The minimum Gasteiger partial charge on any atom is -0.480 e. The molecule has 1 aromatic heterocycles. The highest BCUT2D eigenvalue weighted by molar-refractivity contribution is 8.01. The van der Waals surface area contributed by atoms with E-state index in [2.05, 4.69) is 15.3 Å². The van der Waals surface area contributed by atoms with E-state index in [-0.39, 0.29) is 11.3 Å². The van der Waals surface area contributed by atoms with Crippen LogP contribution in [0.4, 0.5) is 5.95 Å². The second kappa shape index (κ2) is 3.89. The zero-order chi connectivity index (χ0) is 13.8. The van der Waals surface area contributed by atoms with Crippen LogP contribution in [0.15, 0.2) is 12.4 Å². The summed E-state index contributed by atoms with van der Waals surface area (Å²) in [5.74, 6) is -0.619. The van der Waals surface area contributed by atoms with E-state index in [1.165, 1.54) is 16.7 Å². The Hall–Kier alpha value is -1.70. The minimum atomic E-state index is -0.954. The van der Waals surface area contributed by atoms with Crippen LogP contribution in [0, 0.1) is 0 Å². The molecule has 0 aliphatic carbocycles. The molecule has 2 saturated heterocycles. The molecule has 0 saturated carbocycles. The van der Waals surface area contributed by atoms with Crippen LogP contribution in [0.5, 0.6) is 0 Å². The molecule has 2 aliphatic rings. The van der Waals surface area contributed by atoms with E-state index in [0.29, 0.717) is 5.95 Å². The molecule has 19 heavy (non-hydrogen) atoms. The second-order valence-corrected chi connectivity index (χ2v) is 6.93. The van der Waals surface area contributed by atoms with E-state index >= 15 is 0 Å². The van der Waals surface area contributed by atoms with Crippen molar-refractivity contribution in [1.82, 2.24) is 14.9 Å². The number of amides is 1. The van der Waals surface area contributed by atoms with E-state index in [9.17, 15) is 14.7 Å². The Balaban J connectivity index is 1.81. The van der Waals surface area contributed by atoms with Gasteiger partial charge in [0, 0.05) is 17.1 Å². The lowest BCUT2D eigenvalue weighted by atomic mass is 9.96. The van der Waals surface area contributed by atoms with E-state index in [4.69, 9.17) is 0 Å². The predicted molar refractivity (Wildman–Crippen MR) is 69.7 cm³/mol. The number of thioether (sulfide) groups is 1. The molecule has 8 heteroatoms. The van der Waals surface area contributed by atoms with Gasteiger partial charge in [0.15, 0.2) is 0 Å². The highest BCUT2D eigenvalue weighted by atomic mass is 32.2. The zero-order valence-corrected chi connectivity index (χ0v) is 11.3. The van der Waals surface area contributed by atoms with Crippen molar-refractivity contribution in [2.45, 2.75) is 36.1 Å². The van der Waals surface area contributed by atoms with E-state index in [0.717, 1.165) is 0 Å². The number of nitrogens with one attached hydrogen (secondary N) is 2. The number of hydrogen-bond donors (Lipinski definition) is 3. The van der Waals surface area contributed by atoms with Crippen molar-refractivity contribution in [3.05, 3.63) is 12.4 Å². The van der Waals surface area contributed by atoms with Crippen molar-refractivity contribution in [1.29, 1.82) is 0 Å². The van der Waals surface area contributed by atoms with Crippen LogP contribution in [-0.2, 0) is 9.59 Å². The average molecular weight is 282 g/mol. The fourth-order valence-corrected chi connectivity index (χ4v) is 4.26. The molecule has 2 aliphatic heterocycles. The number of rotatable bonds is 3. The number of carboxylic acids is 1. The SMILES string of the molecule is CC1(C)S[C@@H]2C(Nc3ncc[nH]3)C(=O)N2C1C(=O)O. The molecule has 3 atom stereocenters. The maximum absolute atomic E-state index is 12.1. The smallest absolute Gasteiger partial charge is 0.327 e. The molecular weight excluding hydrogens is 268 g/mol. The first-order chi connectivity index (χ1) is 8.92. The molecule has 0 bridgehead atoms. The molecule has 1 amide bonds. The fourth-order valence-electron chi connectivity index (χ4n) is 2.64. The number of carboxylic acid groups (broad SMARTS) is 1. The number of hydrogen-bond acceptors (Lipinski definition) is 5. The summed E-state index contributed by atoms with van der Waals surface area (Å²) in [6, 6.07) is -1.19. The number of β-lactam (4-membered cyclic amide) rings is 1. The summed E-state index contributed by atoms with van der Waals surface area (Å²) in [6.07, 6.45) is 3.25. The summed E-state index contributed by atoms with van der Waals surface area (Å²) in [7, 11) is 0. The molecular formula is C11H14N4O3S. The summed E-state index contributed by atoms with van der Waals surface area (Å²) >= 11 is 1.51. The summed E-state index contributed by atoms with van der Waals surface area (Å²) in [6.45, 7) is 3.71. The molecule has 2 unspecified atom stereocenters. The Morgan fingerprint density at radius 2 is 2.37 bits per heavy atom. The quantitative estimate of drug-likeness (QED) is 0.691. The van der Waals surface area contributed by atoms with Gasteiger partial charge in [0.05, 0.1) is 0 Å². The van der Waals surface area contributed by atoms with Gasteiger partial charge in [0.1, 0.15) is 17.5 Å². The van der Waals surface area contributed by atoms with Gasteiger partial charge in [-0.1, -0.05) is 0 Å². The Morgan fingerprint density at radius 3 is 2.95 bits per heavy atom. The van der Waals surface area contributed by atoms with Gasteiger partial charge < -0.3 is 20.3 Å². The van der Waals surface area contributed by atoms with Crippen molar-refractivity contribution in [3.8, 4) is 0 Å². The molecule has 0 spiro atoms. The van der Waals surface area contributed by atoms with Crippen molar-refractivity contribution in [2.24, 2.45) is 0 Å². The van der Waals surface area contributed by atoms with Gasteiger partial charge in [-0.15, -0.1) is 11.8 Å². The van der Waals surface area contributed by atoms with Gasteiger partial charge in [-0.2, -0.15) is 0 Å². The normalized spacial score (nSPS) is 31.8. The molecule has 3 rings (SSSR count). The Bertz CT molecular complexity index is 530. The molecule has 7 nitrogen and oxygen atoms in total. The minimum absolute atomic E-state index is 0.159. The number of nitrogens with zero attached hydrogens (tertiary/aromatic N) is 2. The van der Waals surface area contributed by atoms with Crippen molar-refractivity contribution >= 4 is 29.6 Å². The van der Waals surface area contributed by atoms with Gasteiger partial charge in [0.2, 0.25) is 11.9 Å². The Labute approximate surface area is 113 Å². The molecule has 2 fully saturated rings. The average Bonchev–Trinajstić information content (AvgIpc) is 2.90. The maximum Gasteiger partial charge on any atom is 0.327 e. The molecule has 3 N–H and O–H groups in total. The van der Waals surface area contributed by atoms with Gasteiger partial charge in [-0.3, -0.25) is 4.79 Å². The van der Waals surface area contributed by atoms with Gasteiger partial charge in [0.25, 0.3) is 0 Å². The standard InChI is InChI=1S/C11H14N4O3S/c1-11(2)6(9(17)18)15-7(16)5(8(15)19-11)14-10-12-3-4-13-10/h3-6,8H,1-2H3,(H,17,18)(H2,12,13,14)/t5?,6?,8-/m1/s1. The van der Waals surface area contributed by atoms with Crippen LogP contribution >= 0.6 is 11.8 Å². The van der Waals surface area contributed by atoms with Gasteiger partial charge in [-0.25, -0.2) is 9.78 Å². The van der Waals surface area contributed by atoms with Crippen molar-refractivity contribution < 1.29 is 14.7 Å². The number of H-pyrrole nitrogens is 1. The number of anilines is 1. The Kier molecular flexibility index (Phi) is 2.53. The monoisotopic (exact) mass is 282 g/mol. The first-order valence-electron chi connectivity index (χ1n) is 5.90. The lowest BCUT2D eigenvalue weighted by Crippen LogP contribution is -2.68. The second-order valence-electron chi connectivity index (χ2n) is 5.16.